The molecule has 0 aliphatic carbocycles. The molecular weight excluding hydrogens is 330 g/mol. The summed E-state index contributed by atoms with van der Waals surface area (Å²) >= 11 is 0. The van der Waals surface area contributed by atoms with Gasteiger partial charge in [-0.1, -0.05) is 18.2 Å². The van der Waals surface area contributed by atoms with Crippen LogP contribution in [0, 0.1) is 6.92 Å². The number of rotatable bonds is 6. The van der Waals surface area contributed by atoms with Crippen LogP contribution in [-0.2, 0) is 17.7 Å². The molecule has 2 aromatic rings. The van der Waals surface area contributed by atoms with Gasteiger partial charge in [-0.25, -0.2) is 4.79 Å². The smallest absolute Gasteiger partial charge is 0.319 e. The Balaban J connectivity index is 1.54. The summed E-state index contributed by atoms with van der Waals surface area (Å²) in [5, 5.41) is 13.1. The van der Waals surface area contributed by atoms with Gasteiger partial charge in [0, 0.05) is 43.5 Å². The van der Waals surface area contributed by atoms with Crippen molar-refractivity contribution in [1.29, 1.82) is 0 Å². The Labute approximate surface area is 154 Å². The number of H-pyrrole nitrogens is 1. The summed E-state index contributed by atoms with van der Waals surface area (Å²) < 4.78 is 5.40. The van der Waals surface area contributed by atoms with E-state index in [2.05, 4.69) is 31.8 Å². The van der Waals surface area contributed by atoms with Crippen LogP contribution in [0.5, 0.6) is 0 Å². The highest BCUT2D eigenvalue weighted by molar-refractivity contribution is 5.90. The SMILES string of the molecule is Cc1cc(C[C@H](C)NC(=O)Nc2ccccc2CN2CCOCC2)n[nH]1. The highest BCUT2D eigenvalue weighted by Gasteiger charge is 2.15. The standard InChI is InChI=1S/C19H27N5O2/c1-14(11-17-12-15(2)22-23-17)20-19(25)21-18-6-4-3-5-16(18)13-24-7-9-26-10-8-24/h3-6,12,14H,7-11,13H2,1-2H3,(H,22,23)(H2,20,21,25)/t14-/m0/s1. The lowest BCUT2D eigenvalue weighted by molar-refractivity contribution is 0.0343. The zero-order chi connectivity index (χ0) is 18.4. The van der Waals surface area contributed by atoms with Crippen LogP contribution >= 0.6 is 0 Å². The second-order valence-electron chi connectivity index (χ2n) is 6.79. The topological polar surface area (TPSA) is 82.3 Å². The minimum atomic E-state index is -0.195. The number of hydrogen-bond donors (Lipinski definition) is 3. The molecule has 1 atom stereocenters. The van der Waals surface area contributed by atoms with Crippen molar-refractivity contribution >= 4 is 11.7 Å². The number of aromatic amines is 1. The van der Waals surface area contributed by atoms with Gasteiger partial charge in [-0.3, -0.25) is 10.00 Å². The second-order valence-corrected chi connectivity index (χ2v) is 6.79. The van der Waals surface area contributed by atoms with E-state index in [1.54, 1.807) is 0 Å². The van der Waals surface area contributed by atoms with Gasteiger partial charge in [0.1, 0.15) is 0 Å². The molecule has 26 heavy (non-hydrogen) atoms. The monoisotopic (exact) mass is 357 g/mol. The van der Waals surface area contributed by atoms with Crippen LogP contribution in [-0.4, -0.2) is 53.5 Å². The van der Waals surface area contributed by atoms with Crippen LogP contribution in [0.3, 0.4) is 0 Å². The highest BCUT2D eigenvalue weighted by Crippen LogP contribution is 2.18. The third-order valence-electron chi connectivity index (χ3n) is 4.42. The summed E-state index contributed by atoms with van der Waals surface area (Å²) in [5.74, 6) is 0. The molecule has 1 saturated heterocycles. The molecule has 1 aliphatic rings. The molecule has 3 rings (SSSR count). The average Bonchev–Trinajstić information content (AvgIpc) is 3.02. The maximum atomic E-state index is 12.4. The quantitative estimate of drug-likeness (QED) is 0.741. The van der Waals surface area contributed by atoms with Crippen molar-refractivity contribution < 1.29 is 9.53 Å². The number of urea groups is 1. The number of amides is 2. The Morgan fingerprint density at radius 1 is 1.35 bits per heavy atom. The van der Waals surface area contributed by atoms with Gasteiger partial charge in [-0.2, -0.15) is 5.10 Å². The first kappa shape index (κ1) is 18.4. The molecule has 140 valence electrons. The van der Waals surface area contributed by atoms with Crippen LogP contribution in [0.4, 0.5) is 10.5 Å². The summed E-state index contributed by atoms with van der Waals surface area (Å²) in [7, 11) is 0. The zero-order valence-corrected chi connectivity index (χ0v) is 15.4. The number of nitrogens with zero attached hydrogens (tertiary/aromatic N) is 2. The summed E-state index contributed by atoms with van der Waals surface area (Å²) in [4.78, 5) is 14.7. The largest absolute Gasteiger partial charge is 0.379 e. The van der Waals surface area contributed by atoms with Gasteiger partial charge in [0.15, 0.2) is 0 Å². The minimum Gasteiger partial charge on any atom is -0.379 e. The normalized spacial score (nSPS) is 16.2. The first-order chi connectivity index (χ1) is 12.6. The molecule has 0 unspecified atom stereocenters. The molecule has 3 N–H and O–H groups in total. The average molecular weight is 357 g/mol. The Morgan fingerprint density at radius 2 is 2.12 bits per heavy atom. The van der Waals surface area contributed by atoms with Gasteiger partial charge in [-0.05, 0) is 31.5 Å². The number of carbonyl (C=O) groups is 1. The van der Waals surface area contributed by atoms with Gasteiger partial charge >= 0.3 is 6.03 Å². The van der Waals surface area contributed by atoms with Crippen molar-refractivity contribution in [3.05, 3.63) is 47.3 Å². The molecule has 2 amide bonds. The molecule has 1 aliphatic heterocycles. The van der Waals surface area contributed by atoms with Crippen LogP contribution in [0.15, 0.2) is 30.3 Å². The van der Waals surface area contributed by atoms with E-state index >= 15 is 0 Å². The Hall–Kier alpha value is -2.38. The molecule has 2 heterocycles. The van der Waals surface area contributed by atoms with Crippen LogP contribution in [0.25, 0.3) is 0 Å². The van der Waals surface area contributed by atoms with E-state index < -0.39 is 0 Å². The molecule has 0 spiro atoms. The molecular formula is C19H27N5O2. The summed E-state index contributed by atoms with van der Waals surface area (Å²) in [6.45, 7) is 8.11. The van der Waals surface area contributed by atoms with E-state index in [4.69, 9.17) is 4.74 Å². The molecule has 0 bridgehead atoms. The van der Waals surface area contributed by atoms with E-state index in [9.17, 15) is 4.79 Å². The summed E-state index contributed by atoms with van der Waals surface area (Å²) in [6, 6.07) is 9.73. The Morgan fingerprint density at radius 3 is 2.85 bits per heavy atom. The number of anilines is 1. The van der Waals surface area contributed by atoms with E-state index in [0.717, 1.165) is 55.5 Å². The molecule has 1 fully saturated rings. The maximum absolute atomic E-state index is 12.4. The Kier molecular flexibility index (Phi) is 6.25. The lowest BCUT2D eigenvalue weighted by atomic mass is 10.1. The molecule has 0 saturated carbocycles. The van der Waals surface area contributed by atoms with E-state index in [1.165, 1.54) is 0 Å². The van der Waals surface area contributed by atoms with Crippen molar-refractivity contribution in [3.8, 4) is 0 Å². The molecule has 7 nitrogen and oxygen atoms in total. The minimum absolute atomic E-state index is 0.0101. The van der Waals surface area contributed by atoms with Gasteiger partial charge in [-0.15, -0.1) is 0 Å². The van der Waals surface area contributed by atoms with Gasteiger partial charge in [0.25, 0.3) is 0 Å². The van der Waals surface area contributed by atoms with Crippen molar-refractivity contribution in [1.82, 2.24) is 20.4 Å². The number of carbonyl (C=O) groups excluding carboxylic acids is 1. The lowest BCUT2D eigenvalue weighted by Crippen LogP contribution is -2.38. The van der Waals surface area contributed by atoms with Crippen molar-refractivity contribution in [2.24, 2.45) is 0 Å². The number of ether oxygens (including phenoxy) is 1. The fourth-order valence-electron chi connectivity index (χ4n) is 3.11. The summed E-state index contributed by atoms with van der Waals surface area (Å²) in [6.07, 6.45) is 0.688. The molecule has 1 aromatic heterocycles. The second kappa shape index (κ2) is 8.82. The summed E-state index contributed by atoms with van der Waals surface area (Å²) in [5.41, 5.74) is 3.93. The predicted molar refractivity (Wildman–Crippen MR) is 101 cm³/mol. The number of benzene rings is 1. The van der Waals surface area contributed by atoms with Gasteiger partial charge in [0.2, 0.25) is 0 Å². The molecule has 0 radical (unpaired) electrons. The number of nitrogens with one attached hydrogen (secondary N) is 3. The van der Waals surface area contributed by atoms with Crippen molar-refractivity contribution in [2.45, 2.75) is 32.9 Å². The van der Waals surface area contributed by atoms with Gasteiger partial charge in [0.05, 0.1) is 18.9 Å². The van der Waals surface area contributed by atoms with Crippen molar-refractivity contribution in [2.75, 3.05) is 31.6 Å². The maximum Gasteiger partial charge on any atom is 0.319 e. The van der Waals surface area contributed by atoms with E-state index in [1.807, 2.05) is 38.1 Å². The highest BCUT2D eigenvalue weighted by atomic mass is 16.5. The number of morpholine rings is 1. The number of aryl methyl sites for hydroxylation is 1. The fourth-order valence-corrected chi connectivity index (χ4v) is 3.11. The third kappa shape index (κ3) is 5.31. The van der Waals surface area contributed by atoms with Gasteiger partial charge < -0.3 is 15.4 Å². The van der Waals surface area contributed by atoms with E-state index in [-0.39, 0.29) is 12.1 Å². The van der Waals surface area contributed by atoms with Crippen LogP contribution in [0.1, 0.15) is 23.9 Å². The van der Waals surface area contributed by atoms with Crippen LogP contribution < -0.4 is 10.6 Å². The van der Waals surface area contributed by atoms with Crippen molar-refractivity contribution in [3.63, 3.8) is 0 Å². The lowest BCUT2D eigenvalue weighted by Gasteiger charge is -2.27. The Bertz CT molecular complexity index is 724. The first-order valence-electron chi connectivity index (χ1n) is 9.06. The molecule has 7 heteroatoms. The number of hydrogen-bond acceptors (Lipinski definition) is 4. The van der Waals surface area contributed by atoms with E-state index in [0.29, 0.717) is 6.42 Å². The fraction of sp³-hybridized carbons (Fsp3) is 0.474. The number of aromatic nitrogens is 2. The predicted octanol–water partition coefficient (Wildman–Crippen LogP) is 2.30. The molecule has 1 aromatic carbocycles. The zero-order valence-electron chi connectivity index (χ0n) is 15.4. The third-order valence-corrected chi connectivity index (χ3v) is 4.42. The first-order valence-corrected chi connectivity index (χ1v) is 9.06. The van der Waals surface area contributed by atoms with Crippen LogP contribution in [0.2, 0.25) is 0 Å². The number of para-hydroxylation sites is 1.